The zero-order valence-corrected chi connectivity index (χ0v) is 12.4. The summed E-state index contributed by atoms with van der Waals surface area (Å²) in [6.45, 7) is 0.992. The first-order chi connectivity index (χ1) is 10.9. The minimum Gasteiger partial charge on any atom is -0.480 e. The van der Waals surface area contributed by atoms with E-state index < -0.39 is 12.1 Å². The highest BCUT2D eigenvalue weighted by Crippen LogP contribution is 2.25. The van der Waals surface area contributed by atoms with Gasteiger partial charge in [-0.2, -0.15) is 5.10 Å². The van der Waals surface area contributed by atoms with E-state index in [1.807, 2.05) is 0 Å². The molecule has 0 unspecified atom stereocenters. The lowest BCUT2D eigenvalue weighted by molar-refractivity contribution is -0.137. The van der Waals surface area contributed by atoms with E-state index in [4.69, 9.17) is 9.84 Å². The van der Waals surface area contributed by atoms with Crippen molar-refractivity contribution in [2.75, 3.05) is 0 Å². The summed E-state index contributed by atoms with van der Waals surface area (Å²) in [5.41, 5.74) is 0.641. The first-order valence-corrected chi connectivity index (χ1v) is 7.15. The fourth-order valence-corrected chi connectivity index (χ4v) is 2.26. The van der Waals surface area contributed by atoms with Crippen LogP contribution in [0.3, 0.4) is 0 Å². The van der Waals surface area contributed by atoms with E-state index in [1.165, 1.54) is 17.7 Å². The van der Waals surface area contributed by atoms with Crippen molar-refractivity contribution in [3.63, 3.8) is 0 Å². The van der Waals surface area contributed by atoms with Crippen LogP contribution in [0.1, 0.15) is 30.3 Å². The Labute approximate surface area is 131 Å². The van der Waals surface area contributed by atoms with Crippen molar-refractivity contribution < 1.29 is 24.2 Å². The van der Waals surface area contributed by atoms with Gasteiger partial charge in [0.2, 0.25) is 0 Å². The monoisotopic (exact) mass is 317 g/mol. The Morgan fingerprint density at radius 3 is 2.74 bits per heavy atom. The van der Waals surface area contributed by atoms with E-state index in [2.05, 4.69) is 10.4 Å². The third-order valence-electron chi connectivity index (χ3n) is 3.45. The van der Waals surface area contributed by atoms with Gasteiger partial charge in [0.05, 0.1) is 5.52 Å². The predicted octanol–water partition coefficient (Wildman–Crippen LogP) is 1.57. The van der Waals surface area contributed by atoms with Gasteiger partial charge in [0.1, 0.15) is 18.0 Å². The average Bonchev–Trinajstić information content (AvgIpc) is 3.19. The zero-order chi connectivity index (χ0) is 16.6. The van der Waals surface area contributed by atoms with Crippen molar-refractivity contribution in [3.8, 4) is 5.75 Å². The van der Waals surface area contributed by atoms with E-state index in [1.54, 1.807) is 12.1 Å². The smallest absolute Gasteiger partial charge is 0.412 e. The van der Waals surface area contributed by atoms with Crippen molar-refractivity contribution in [1.82, 2.24) is 15.1 Å². The molecule has 1 fully saturated rings. The number of carboxylic acid groups (broad SMARTS) is 1. The number of amides is 1. The lowest BCUT2D eigenvalue weighted by Crippen LogP contribution is -2.28. The highest BCUT2D eigenvalue weighted by atomic mass is 16.6. The van der Waals surface area contributed by atoms with Crippen LogP contribution in [0.2, 0.25) is 0 Å². The summed E-state index contributed by atoms with van der Waals surface area (Å²) in [7, 11) is 0. The highest BCUT2D eigenvalue weighted by Gasteiger charge is 2.24. The maximum atomic E-state index is 11.7. The molecule has 2 N–H and O–H groups in total. The van der Waals surface area contributed by atoms with Crippen LogP contribution in [-0.4, -0.2) is 38.8 Å². The first kappa shape index (κ1) is 15.0. The molecule has 120 valence electrons. The van der Waals surface area contributed by atoms with Crippen LogP contribution in [0.4, 0.5) is 4.79 Å². The van der Waals surface area contributed by atoms with Gasteiger partial charge in [0, 0.05) is 18.4 Å². The van der Waals surface area contributed by atoms with Crippen LogP contribution in [0.25, 0.3) is 10.9 Å². The predicted molar refractivity (Wildman–Crippen MR) is 79.6 cm³/mol. The minimum atomic E-state index is -1.06. The van der Waals surface area contributed by atoms with Gasteiger partial charge in [-0.3, -0.25) is 14.3 Å². The van der Waals surface area contributed by atoms with Gasteiger partial charge < -0.3 is 15.2 Å². The first-order valence-electron chi connectivity index (χ1n) is 7.15. The fourth-order valence-electron chi connectivity index (χ4n) is 2.26. The highest BCUT2D eigenvalue weighted by molar-refractivity contribution is 6.05. The van der Waals surface area contributed by atoms with E-state index in [9.17, 15) is 14.4 Å². The third-order valence-corrected chi connectivity index (χ3v) is 3.45. The summed E-state index contributed by atoms with van der Waals surface area (Å²) in [5.74, 6) is -1.08. The van der Waals surface area contributed by atoms with Gasteiger partial charge >= 0.3 is 12.1 Å². The Morgan fingerprint density at radius 1 is 1.39 bits per heavy atom. The number of carboxylic acids is 1. The van der Waals surface area contributed by atoms with Gasteiger partial charge in [0.25, 0.3) is 0 Å². The summed E-state index contributed by atoms with van der Waals surface area (Å²) < 4.78 is 6.42. The summed E-state index contributed by atoms with van der Waals surface area (Å²) in [6.07, 6.45) is 1.35. The number of rotatable bonds is 5. The van der Waals surface area contributed by atoms with Crippen LogP contribution in [0, 0.1) is 0 Å². The molecule has 0 bridgehead atoms. The van der Waals surface area contributed by atoms with Crippen LogP contribution < -0.4 is 10.1 Å². The molecule has 8 nitrogen and oxygen atoms in total. The zero-order valence-electron chi connectivity index (χ0n) is 12.4. The molecule has 1 saturated carbocycles. The Morgan fingerprint density at radius 2 is 2.13 bits per heavy atom. The molecular weight excluding hydrogens is 302 g/mol. The fraction of sp³-hybridized carbons (Fsp3) is 0.333. The van der Waals surface area contributed by atoms with Gasteiger partial charge in [-0.1, -0.05) is 0 Å². The molecule has 3 rings (SSSR count). The standard InChI is InChI=1S/C15H15N3O5/c1-8(19)14-11-6-10(23-15(22)16-9-2-3-9)4-5-12(11)18(17-14)7-13(20)21/h4-6,9H,2-3,7H2,1H3,(H,16,22)(H,20,21). The van der Waals surface area contributed by atoms with Gasteiger partial charge in [-0.05, 0) is 31.0 Å². The lowest BCUT2D eigenvalue weighted by atomic mass is 10.1. The van der Waals surface area contributed by atoms with Crippen molar-refractivity contribution in [2.24, 2.45) is 0 Å². The van der Waals surface area contributed by atoms with Gasteiger partial charge in [-0.15, -0.1) is 0 Å². The second kappa shape index (κ2) is 5.71. The quantitative estimate of drug-likeness (QED) is 0.810. The number of hydrogen-bond acceptors (Lipinski definition) is 5. The molecule has 0 spiro atoms. The number of aliphatic carboxylic acids is 1. The SMILES string of the molecule is CC(=O)c1nn(CC(=O)O)c2ccc(OC(=O)NC3CC3)cc12. The summed E-state index contributed by atoms with van der Waals surface area (Å²) in [5, 5.41) is 16.1. The largest absolute Gasteiger partial charge is 0.480 e. The number of Topliss-reactive ketones (excluding diaryl/α,β-unsaturated/α-hetero) is 1. The number of nitrogens with zero attached hydrogens (tertiary/aromatic N) is 2. The molecular formula is C15H15N3O5. The molecule has 1 aromatic carbocycles. The molecule has 1 aromatic heterocycles. The third kappa shape index (κ3) is 3.31. The second-order valence-corrected chi connectivity index (χ2v) is 5.44. The molecule has 1 amide bonds. The normalized spacial score (nSPS) is 13.8. The van der Waals surface area contributed by atoms with Crippen molar-refractivity contribution in [2.45, 2.75) is 32.4 Å². The van der Waals surface area contributed by atoms with E-state index in [0.29, 0.717) is 10.9 Å². The Hall–Kier alpha value is -2.90. The van der Waals surface area contributed by atoms with E-state index >= 15 is 0 Å². The number of carbonyl (C=O) groups excluding carboxylic acids is 2. The van der Waals surface area contributed by atoms with Gasteiger partial charge in [-0.25, -0.2) is 4.79 Å². The van der Waals surface area contributed by atoms with Crippen LogP contribution >= 0.6 is 0 Å². The van der Waals surface area contributed by atoms with E-state index in [0.717, 1.165) is 12.8 Å². The van der Waals surface area contributed by atoms with Crippen LogP contribution in [0.5, 0.6) is 5.75 Å². The number of benzene rings is 1. The van der Waals surface area contributed by atoms with Crippen LogP contribution in [0.15, 0.2) is 18.2 Å². The van der Waals surface area contributed by atoms with E-state index in [-0.39, 0.29) is 29.8 Å². The molecule has 0 radical (unpaired) electrons. The number of ketones is 1. The minimum absolute atomic E-state index is 0.148. The maximum absolute atomic E-state index is 11.7. The average molecular weight is 317 g/mol. The Balaban J connectivity index is 1.93. The molecule has 0 atom stereocenters. The van der Waals surface area contributed by atoms with Gasteiger partial charge in [0.15, 0.2) is 5.78 Å². The Kier molecular flexibility index (Phi) is 3.73. The van der Waals surface area contributed by atoms with Crippen molar-refractivity contribution in [1.29, 1.82) is 0 Å². The Bertz CT molecular complexity index is 807. The number of fused-ring (bicyclic) bond motifs is 1. The number of ether oxygens (including phenoxy) is 1. The summed E-state index contributed by atoms with van der Waals surface area (Å²) in [4.78, 5) is 34.3. The molecule has 8 heteroatoms. The molecule has 1 aliphatic carbocycles. The lowest BCUT2D eigenvalue weighted by Gasteiger charge is -2.06. The van der Waals surface area contributed by atoms with Crippen LogP contribution in [-0.2, 0) is 11.3 Å². The number of carbonyl (C=O) groups is 3. The summed E-state index contributed by atoms with van der Waals surface area (Å²) >= 11 is 0. The second-order valence-electron chi connectivity index (χ2n) is 5.44. The topological polar surface area (TPSA) is 111 Å². The molecule has 1 heterocycles. The molecule has 0 aliphatic heterocycles. The summed E-state index contributed by atoms with van der Waals surface area (Å²) in [6, 6.07) is 4.82. The van der Waals surface area contributed by atoms with Crippen molar-refractivity contribution >= 4 is 28.7 Å². The molecule has 2 aromatic rings. The molecule has 1 aliphatic rings. The van der Waals surface area contributed by atoms with Crippen molar-refractivity contribution in [3.05, 3.63) is 23.9 Å². The number of nitrogens with one attached hydrogen (secondary N) is 1. The number of aromatic nitrogens is 2. The molecule has 0 saturated heterocycles. The molecule has 23 heavy (non-hydrogen) atoms. The number of hydrogen-bond donors (Lipinski definition) is 2. The maximum Gasteiger partial charge on any atom is 0.412 e.